The molecular weight excluding hydrogens is 452 g/mol. The van der Waals surface area contributed by atoms with Gasteiger partial charge in [0.15, 0.2) is 0 Å². The number of halogens is 1. The van der Waals surface area contributed by atoms with E-state index in [2.05, 4.69) is 0 Å². The van der Waals surface area contributed by atoms with Crippen molar-refractivity contribution in [2.24, 2.45) is 5.92 Å². The highest BCUT2D eigenvalue weighted by Crippen LogP contribution is 2.27. The minimum absolute atomic E-state index is 0.0990. The number of carbonyl (C=O) groups is 2. The van der Waals surface area contributed by atoms with Gasteiger partial charge in [-0.3, -0.25) is 9.36 Å². The first-order chi connectivity index (χ1) is 15.3. The second-order valence-electron chi connectivity index (χ2n) is 7.84. The van der Waals surface area contributed by atoms with Crippen LogP contribution in [0.3, 0.4) is 0 Å². The molecule has 0 spiro atoms. The van der Waals surface area contributed by atoms with Crippen LogP contribution in [0, 0.1) is 5.92 Å². The Morgan fingerprint density at radius 3 is 2.69 bits per heavy atom. The molecule has 1 aromatic heterocycles. The number of ether oxygens (including phenoxy) is 1. The number of hydrogen-bond acceptors (Lipinski definition) is 5. The molecule has 2 aromatic carbocycles. The number of piperidine rings is 1. The van der Waals surface area contributed by atoms with Crippen molar-refractivity contribution in [3.63, 3.8) is 0 Å². The number of esters is 1. The molecule has 0 amide bonds. The summed E-state index contributed by atoms with van der Waals surface area (Å²) in [6.45, 7) is 0.467. The van der Waals surface area contributed by atoms with E-state index in [1.54, 1.807) is 48.5 Å². The minimum Gasteiger partial charge on any atom is -0.465 e. The monoisotopic (exact) mass is 474 g/mol. The molecule has 1 fully saturated rings. The highest BCUT2D eigenvalue weighted by molar-refractivity contribution is 7.88. The third-order valence-corrected chi connectivity index (χ3v) is 7.77. The highest BCUT2D eigenvalue weighted by atomic mass is 35.5. The maximum absolute atomic E-state index is 13.4. The van der Waals surface area contributed by atoms with Crippen LogP contribution in [-0.4, -0.2) is 49.4 Å². The summed E-state index contributed by atoms with van der Waals surface area (Å²) in [4.78, 5) is 25.6. The van der Waals surface area contributed by atoms with Crippen LogP contribution in [0.1, 0.15) is 33.6 Å². The summed E-state index contributed by atoms with van der Waals surface area (Å²) < 4.78 is 33.7. The van der Waals surface area contributed by atoms with Crippen molar-refractivity contribution >= 4 is 44.4 Å². The van der Waals surface area contributed by atoms with E-state index in [4.69, 9.17) is 16.3 Å². The van der Waals surface area contributed by atoms with Crippen LogP contribution in [0.5, 0.6) is 0 Å². The summed E-state index contributed by atoms with van der Waals surface area (Å²) in [5.41, 5.74) is 1.50. The number of sulfonamides is 1. The maximum Gasteiger partial charge on any atom is 0.340 e. The second kappa shape index (κ2) is 9.05. The van der Waals surface area contributed by atoms with Crippen molar-refractivity contribution in [1.82, 2.24) is 8.87 Å². The lowest BCUT2D eigenvalue weighted by Gasteiger charge is -2.31. The fourth-order valence-corrected chi connectivity index (χ4v) is 5.97. The predicted octanol–water partition coefficient (Wildman–Crippen LogP) is 3.96. The molecule has 1 aliphatic heterocycles. The molecule has 1 saturated heterocycles. The molecule has 3 aromatic rings. The zero-order valence-corrected chi connectivity index (χ0v) is 19.1. The molecule has 7 nitrogen and oxygen atoms in total. The molecule has 0 N–H and O–H groups in total. The van der Waals surface area contributed by atoms with Gasteiger partial charge in [0.25, 0.3) is 0 Å². The third kappa shape index (κ3) is 4.44. The fraction of sp³-hybridized carbons (Fsp3) is 0.304. The normalized spacial score (nSPS) is 17.4. The average molecular weight is 475 g/mol. The van der Waals surface area contributed by atoms with E-state index in [0.717, 1.165) is 0 Å². The quantitative estimate of drug-likeness (QED) is 0.522. The average Bonchev–Trinajstić information content (AvgIpc) is 3.17. The van der Waals surface area contributed by atoms with Crippen molar-refractivity contribution < 1.29 is 22.7 Å². The fourth-order valence-electron chi connectivity index (χ4n) is 4.16. The Morgan fingerprint density at radius 1 is 1.16 bits per heavy atom. The molecular formula is C23H23ClN2O5S. The molecule has 1 atom stereocenters. The lowest BCUT2D eigenvalue weighted by molar-refractivity contribution is 0.0603. The Labute approximate surface area is 191 Å². The van der Waals surface area contributed by atoms with Gasteiger partial charge in [-0.1, -0.05) is 41.9 Å². The van der Waals surface area contributed by atoms with Crippen LogP contribution in [0.15, 0.2) is 54.7 Å². The van der Waals surface area contributed by atoms with Gasteiger partial charge in [-0.25, -0.2) is 17.5 Å². The van der Waals surface area contributed by atoms with Gasteiger partial charge in [-0.2, -0.15) is 0 Å². The van der Waals surface area contributed by atoms with E-state index in [9.17, 15) is 18.0 Å². The van der Waals surface area contributed by atoms with Crippen molar-refractivity contribution in [1.29, 1.82) is 0 Å². The van der Waals surface area contributed by atoms with E-state index in [1.165, 1.54) is 22.2 Å². The molecule has 9 heteroatoms. The van der Waals surface area contributed by atoms with Gasteiger partial charge in [0.2, 0.25) is 15.9 Å². The summed E-state index contributed by atoms with van der Waals surface area (Å²) in [6.07, 6.45) is 2.63. The van der Waals surface area contributed by atoms with Crippen LogP contribution in [0.4, 0.5) is 0 Å². The van der Waals surface area contributed by atoms with Gasteiger partial charge in [0.1, 0.15) is 0 Å². The van der Waals surface area contributed by atoms with E-state index < -0.39 is 21.9 Å². The third-order valence-electron chi connectivity index (χ3n) is 5.72. The number of methoxy groups -OCH3 is 1. The zero-order chi connectivity index (χ0) is 22.9. The zero-order valence-electron chi connectivity index (χ0n) is 17.5. The van der Waals surface area contributed by atoms with Gasteiger partial charge < -0.3 is 4.74 Å². The topological polar surface area (TPSA) is 85.7 Å². The first kappa shape index (κ1) is 22.5. The first-order valence-electron chi connectivity index (χ1n) is 10.2. The van der Waals surface area contributed by atoms with E-state index in [-0.39, 0.29) is 18.2 Å². The molecule has 0 bridgehead atoms. The van der Waals surface area contributed by atoms with Gasteiger partial charge in [0, 0.05) is 29.7 Å². The van der Waals surface area contributed by atoms with Crippen LogP contribution >= 0.6 is 11.6 Å². The highest BCUT2D eigenvalue weighted by Gasteiger charge is 2.34. The number of nitrogens with zero attached hydrogens (tertiary/aromatic N) is 2. The summed E-state index contributed by atoms with van der Waals surface area (Å²) in [7, 11) is -2.33. The Morgan fingerprint density at radius 2 is 1.94 bits per heavy atom. The molecule has 0 saturated carbocycles. The van der Waals surface area contributed by atoms with E-state index >= 15 is 0 Å². The Kier molecular flexibility index (Phi) is 6.37. The van der Waals surface area contributed by atoms with Crippen LogP contribution in [0.25, 0.3) is 10.9 Å². The van der Waals surface area contributed by atoms with Gasteiger partial charge in [0.05, 0.1) is 29.9 Å². The summed E-state index contributed by atoms with van der Waals surface area (Å²) in [6, 6.07) is 13.8. The molecule has 2 heterocycles. The number of fused-ring (bicyclic) bond motifs is 1. The number of benzene rings is 2. The SMILES string of the molecule is COC(=O)c1cn(C(=O)C2CCCN(S(=O)(=O)Cc3cccc(Cl)c3)C2)c2ccccc12. The largest absolute Gasteiger partial charge is 0.465 e. The lowest BCUT2D eigenvalue weighted by atomic mass is 9.98. The number of aromatic nitrogens is 1. The molecule has 168 valence electrons. The van der Waals surface area contributed by atoms with Gasteiger partial charge >= 0.3 is 5.97 Å². The van der Waals surface area contributed by atoms with Crippen LogP contribution in [0.2, 0.25) is 5.02 Å². The van der Waals surface area contributed by atoms with Crippen LogP contribution < -0.4 is 0 Å². The van der Waals surface area contributed by atoms with E-state index in [1.807, 2.05) is 0 Å². The summed E-state index contributed by atoms with van der Waals surface area (Å²) in [5.74, 6) is -1.45. The van der Waals surface area contributed by atoms with Crippen molar-refractivity contribution in [2.75, 3.05) is 20.2 Å². The Hall–Kier alpha value is -2.68. The molecule has 4 rings (SSSR count). The number of hydrogen-bond donors (Lipinski definition) is 0. The van der Waals surface area contributed by atoms with Gasteiger partial charge in [-0.15, -0.1) is 0 Å². The second-order valence-corrected chi connectivity index (χ2v) is 10.2. The molecule has 32 heavy (non-hydrogen) atoms. The van der Waals surface area contributed by atoms with Gasteiger partial charge in [-0.05, 0) is 36.6 Å². The Bertz CT molecular complexity index is 1280. The van der Waals surface area contributed by atoms with Crippen LogP contribution in [-0.2, 0) is 20.5 Å². The minimum atomic E-state index is -3.62. The molecule has 0 aliphatic carbocycles. The molecule has 1 unspecified atom stereocenters. The predicted molar refractivity (Wildman–Crippen MR) is 122 cm³/mol. The molecule has 0 radical (unpaired) electrons. The maximum atomic E-state index is 13.4. The van der Waals surface area contributed by atoms with E-state index in [0.29, 0.717) is 46.4 Å². The van der Waals surface area contributed by atoms with Crippen molar-refractivity contribution in [3.8, 4) is 0 Å². The van der Waals surface area contributed by atoms with Crippen molar-refractivity contribution in [2.45, 2.75) is 18.6 Å². The standard InChI is InChI=1S/C23H23ClN2O5S/c1-31-23(28)20-14-26(21-10-3-2-9-19(20)21)22(27)17-7-5-11-25(13-17)32(29,30)15-16-6-4-8-18(24)12-16/h2-4,6,8-10,12,14,17H,5,7,11,13,15H2,1H3. The first-order valence-corrected chi connectivity index (χ1v) is 12.2. The number of para-hydroxylation sites is 1. The lowest BCUT2D eigenvalue weighted by Crippen LogP contribution is -2.43. The summed E-state index contributed by atoms with van der Waals surface area (Å²) >= 11 is 5.99. The van der Waals surface area contributed by atoms with Crippen molar-refractivity contribution in [3.05, 3.63) is 70.9 Å². The number of carbonyl (C=O) groups excluding carboxylic acids is 2. The number of rotatable bonds is 5. The Balaban J connectivity index is 1.59. The molecule has 1 aliphatic rings. The smallest absolute Gasteiger partial charge is 0.340 e. The summed E-state index contributed by atoms with van der Waals surface area (Å²) in [5, 5.41) is 1.10.